The topological polar surface area (TPSA) is 102 Å². The molecule has 0 atom stereocenters. The van der Waals surface area contributed by atoms with E-state index in [4.69, 9.17) is 5.73 Å². The van der Waals surface area contributed by atoms with Crippen LogP contribution >= 0.6 is 0 Å². The molecule has 0 radical (unpaired) electrons. The van der Waals surface area contributed by atoms with Crippen molar-refractivity contribution < 1.29 is 14.1 Å². The molecular weight excluding hydrogens is 248 g/mol. The Morgan fingerprint density at radius 3 is 2.74 bits per heavy atom. The van der Waals surface area contributed by atoms with Gasteiger partial charge in [0.05, 0.1) is 11.1 Å². The zero-order chi connectivity index (χ0) is 13.4. The molecule has 1 aromatic carbocycles. The number of nitrogens with two attached hydrogens (primary N) is 1. The standard InChI is InChI=1S/C12H10N4O3/c13-7-1-2-8-9(5-7)12(18)16(11(8)17)4-3-10-14-6-19-15-10/h1-2,5-6H,3-4,13H2. The summed E-state index contributed by atoms with van der Waals surface area (Å²) < 4.78 is 4.59. The third-order valence-corrected chi connectivity index (χ3v) is 2.96. The van der Waals surface area contributed by atoms with E-state index in [1.54, 1.807) is 12.1 Å². The van der Waals surface area contributed by atoms with Crippen LogP contribution in [0.5, 0.6) is 0 Å². The van der Waals surface area contributed by atoms with E-state index in [-0.39, 0.29) is 18.4 Å². The van der Waals surface area contributed by atoms with Gasteiger partial charge in [-0.05, 0) is 18.2 Å². The lowest BCUT2D eigenvalue weighted by Gasteiger charge is -2.11. The van der Waals surface area contributed by atoms with Crippen LogP contribution in [0.1, 0.15) is 26.5 Å². The van der Waals surface area contributed by atoms with Crippen molar-refractivity contribution in [2.75, 3.05) is 12.3 Å². The Kier molecular flexibility index (Phi) is 2.52. The maximum atomic E-state index is 12.1. The molecule has 1 aliphatic rings. The summed E-state index contributed by atoms with van der Waals surface area (Å²) in [5, 5.41) is 3.64. The Bertz CT molecular complexity index is 651. The third-order valence-electron chi connectivity index (χ3n) is 2.96. The van der Waals surface area contributed by atoms with Gasteiger partial charge in [-0.1, -0.05) is 5.16 Å². The predicted molar refractivity (Wildman–Crippen MR) is 64.2 cm³/mol. The van der Waals surface area contributed by atoms with E-state index >= 15 is 0 Å². The van der Waals surface area contributed by atoms with Crippen LogP contribution in [0.15, 0.2) is 29.1 Å². The molecule has 19 heavy (non-hydrogen) atoms. The molecule has 1 aliphatic heterocycles. The molecule has 7 nitrogen and oxygen atoms in total. The second-order valence-electron chi connectivity index (χ2n) is 4.16. The van der Waals surface area contributed by atoms with Crippen LogP contribution < -0.4 is 5.73 Å². The van der Waals surface area contributed by atoms with Crippen molar-refractivity contribution in [2.45, 2.75) is 6.42 Å². The highest BCUT2D eigenvalue weighted by atomic mass is 16.5. The first kappa shape index (κ1) is 11.4. The van der Waals surface area contributed by atoms with Gasteiger partial charge in [0.1, 0.15) is 0 Å². The predicted octanol–water partition coefficient (Wildman–Crippen LogP) is 0.491. The molecule has 0 saturated heterocycles. The average molecular weight is 258 g/mol. The van der Waals surface area contributed by atoms with Gasteiger partial charge < -0.3 is 10.3 Å². The zero-order valence-corrected chi connectivity index (χ0v) is 9.87. The lowest BCUT2D eigenvalue weighted by Crippen LogP contribution is -2.31. The first-order chi connectivity index (χ1) is 9.16. The van der Waals surface area contributed by atoms with Crippen molar-refractivity contribution in [1.82, 2.24) is 15.0 Å². The monoisotopic (exact) mass is 258 g/mol. The third kappa shape index (κ3) is 1.85. The summed E-state index contributed by atoms with van der Waals surface area (Å²) in [5.74, 6) is -0.199. The van der Waals surface area contributed by atoms with Crippen molar-refractivity contribution in [2.24, 2.45) is 0 Å². The minimum Gasteiger partial charge on any atom is -0.399 e. The van der Waals surface area contributed by atoms with Gasteiger partial charge in [0.2, 0.25) is 6.39 Å². The van der Waals surface area contributed by atoms with Gasteiger partial charge in [0.15, 0.2) is 5.82 Å². The van der Waals surface area contributed by atoms with Crippen LogP contribution in [0.25, 0.3) is 0 Å². The molecule has 0 fully saturated rings. The summed E-state index contributed by atoms with van der Waals surface area (Å²) in [7, 11) is 0. The molecule has 1 aromatic heterocycles. The number of imide groups is 1. The number of anilines is 1. The first-order valence-corrected chi connectivity index (χ1v) is 5.68. The van der Waals surface area contributed by atoms with Crippen LogP contribution in [-0.2, 0) is 6.42 Å². The normalized spacial score (nSPS) is 14.0. The fourth-order valence-electron chi connectivity index (χ4n) is 2.03. The van der Waals surface area contributed by atoms with Crippen molar-refractivity contribution in [3.05, 3.63) is 41.5 Å². The molecule has 2 amide bonds. The van der Waals surface area contributed by atoms with Crippen LogP contribution in [-0.4, -0.2) is 33.4 Å². The molecule has 3 rings (SSSR count). The Hall–Kier alpha value is -2.70. The number of amides is 2. The number of aromatic nitrogens is 2. The number of rotatable bonds is 3. The number of hydrogen-bond acceptors (Lipinski definition) is 6. The number of hydrogen-bond donors (Lipinski definition) is 1. The van der Waals surface area contributed by atoms with Crippen LogP contribution in [0.2, 0.25) is 0 Å². The lowest BCUT2D eigenvalue weighted by molar-refractivity contribution is 0.0655. The number of carbonyl (C=O) groups is 2. The Labute approximate surface area is 108 Å². The molecule has 0 unspecified atom stereocenters. The van der Waals surface area contributed by atoms with Gasteiger partial charge in [-0.3, -0.25) is 14.5 Å². The van der Waals surface area contributed by atoms with E-state index in [0.29, 0.717) is 29.1 Å². The average Bonchev–Trinajstić information content (AvgIpc) is 2.98. The quantitative estimate of drug-likeness (QED) is 0.635. The molecule has 2 N–H and O–H groups in total. The van der Waals surface area contributed by atoms with E-state index in [2.05, 4.69) is 14.7 Å². The summed E-state index contributed by atoms with van der Waals surface area (Å²) >= 11 is 0. The van der Waals surface area contributed by atoms with E-state index in [1.807, 2.05) is 0 Å². The molecule has 96 valence electrons. The molecule has 0 spiro atoms. The minimum absolute atomic E-state index is 0.214. The van der Waals surface area contributed by atoms with E-state index < -0.39 is 0 Å². The Balaban J connectivity index is 1.82. The van der Waals surface area contributed by atoms with Crippen molar-refractivity contribution in [3.63, 3.8) is 0 Å². The molecule has 0 bridgehead atoms. The number of nitrogens with zero attached hydrogens (tertiary/aromatic N) is 3. The van der Waals surface area contributed by atoms with E-state index in [0.717, 1.165) is 0 Å². The van der Waals surface area contributed by atoms with Gasteiger partial charge in [0, 0.05) is 18.7 Å². The first-order valence-electron chi connectivity index (χ1n) is 5.68. The molecular formula is C12H10N4O3. The van der Waals surface area contributed by atoms with Crippen LogP contribution in [0.4, 0.5) is 5.69 Å². The largest absolute Gasteiger partial charge is 0.399 e. The highest BCUT2D eigenvalue weighted by molar-refractivity contribution is 6.21. The van der Waals surface area contributed by atoms with Gasteiger partial charge in [-0.2, -0.15) is 4.98 Å². The SMILES string of the molecule is Nc1ccc2c(c1)C(=O)N(CCc1ncon1)C2=O. The van der Waals surface area contributed by atoms with E-state index in [9.17, 15) is 9.59 Å². The van der Waals surface area contributed by atoms with Gasteiger partial charge in [-0.15, -0.1) is 0 Å². The fourth-order valence-corrected chi connectivity index (χ4v) is 2.03. The van der Waals surface area contributed by atoms with E-state index in [1.165, 1.54) is 17.4 Å². The second kappa shape index (κ2) is 4.20. The highest BCUT2D eigenvalue weighted by Gasteiger charge is 2.35. The summed E-state index contributed by atoms with van der Waals surface area (Å²) in [4.78, 5) is 29.2. The molecule has 2 heterocycles. The fraction of sp³-hybridized carbons (Fsp3) is 0.167. The second-order valence-corrected chi connectivity index (χ2v) is 4.16. The van der Waals surface area contributed by atoms with Gasteiger partial charge >= 0.3 is 0 Å². The summed E-state index contributed by atoms with van der Waals surface area (Å²) in [6.45, 7) is 0.214. The van der Waals surface area contributed by atoms with Gasteiger partial charge in [0.25, 0.3) is 11.8 Å². The van der Waals surface area contributed by atoms with Crippen molar-refractivity contribution in [3.8, 4) is 0 Å². The van der Waals surface area contributed by atoms with Crippen molar-refractivity contribution >= 4 is 17.5 Å². The minimum atomic E-state index is -0.337. The maximum absolute atomic E-state index is 12.1. The molecule has 0 aliphatic carbocycles. The number of nitrogen functional groups attached to an aromatic ring is 1. The van der Waals surface area contributed by atoms with Crippen molar-refractivity contribution in [1.29, 1.82) is 0 Å². The molecule has 2 aromatic rings. The summed E-state index contributed by atoms with van der Waals surface area (Å²) in [6.07, 6.45) is 1.57. The van der Waals surface area contributed by atoms with Gasteiger partial charge in [-0.25, -0.2) is 0 Å². The number of benzene rings is 1. The maximum Gasteiger partial charge on any atom is 0.261 e. The van der Waals surface area contributed by atoms with Crippen LogP contribution in [0.3, 0.4) is 0 Å². The zero-order valence-electron chi connectivity index (χ0n) is 9.87. The smallest absolute Gasteiger partial charge is 0.261 e. The summed E-state index contributed by atoms with van der Waals surface area (Å²) in [6, 6.07) is 4.69. The van der Waals surface area contributed by atoms with Crippen LogP contribution in [0, 0.1) is 0 Å². The summed E-state index contributed by atoms with van der Waals surface area (Å²) in [5.41, 5.74) is 6.81. The molecule has 7 heteroatoms. The highest BCUT2D eigenvalue weighted by Crippen LogP contribution is 2.24. The number of carbonyl (C=O) groups excluding carboxylic acids is 2. The number of fused-ring (bicyclic) bond motifs is 1. The molecule has 0 saturated carbocycles. The Morgan fingerprint density at radius 1 is 1.21 bits per heavy atom. The Morgan fingerprint density at radius 2 is 2.00 bits per heavy atom. The lowest BCUT2D eigenvalue weighted by atomic mass is 10.1.